The van der Waals surface area contributed by atoms with Crippen molar-refractivity contribution in [3.8, 4) is 0 Å². The molecule has 0 aliphatic heterocycles. The second-order valence-corrected chi connectivity index (χ2v) is 9.91. The van der Waals surface area contributed by atoms with Crippen LogP contribution in [0.5, 0.6) is 0 Å². The summed E-state index contributed by atoms with van der Waals surface area (Å²) in [5.74, 6) is -1.57. The number of hydrogen-bond acceptors (Lipinski definition) is 4. The number of nitrogens with zero attached hydrogens (tertiary/aromatic N) is 2. The SMILES string of the molecule is CC(=O)N(c1nc(/C=C/C(=O)NC(CC(C)(C)C)c2ccc(F)cc2)cs1)c1ccccc1F. The molecule has 0 saturated heterocycles. The average molecular weight is 484 g/mol. The van der Waals surface area contributed by atoms with Crippen LogP contribution in [-0.4, -0.2) is 16.8 Å². The number of amides is 2. The maximum Gasteiger partial charge on any atom is 0.244 e. The first kappa shape index (κ1) is 25.2. The van der Waals surface area contributed by atoms with Crippen LogP contribution >= 0.6 is 11.3 Å². The summed E-state index contributed by atoms with van der Waals surface area (Å²) >= 11 is 1.17. The van der Waals surface area contributed by atoms with Gasteiger partial charge < -0.3 is 5.32 Å². The molecule has 0 radical (unpaired) electrons. The van der Waals surface area contributed by atoms with Gasteiger partial charge in [-0.3, -0.25) is 14.5 Å². The Hall–Kier alpha value is -3.39. The Morgan fingerprint density at radius 3 is 2.41 bits per heavy atom. The van der Waals surface area contributed by atoms with Gasteiger partial charge in [0.1, 0.15) is 11.6 Å². The number of halogens is 2. The molecule has 2 amide bonds. The molecule has 178 valence electrons. The van der Waals surface area contributed by atoms with Crippen molar-refractivity contribution in [3.63, 3.8) is 0 Å². The third kappa shape index (κ3) is 6.81. The molecule has 3 rings (SSSR count). The first-order valence-corrected chi connectivity index (χ1v) is 11.7. The fraction of sp³-hybridized carbons (Fsp3) is 0.269. The summed E-state index contributed by atoms with van der Waals surface area (Å²) in [6.07, 6.45) is 3.56. The van der Waals surface area contributed by atoms with Crippen molar-refractivity contribution in [2.45, 2.75) is 40.2 Å². The van der Waals surface area contributed by atoms with E-state index >= 15 is 0 Å². The van der Waals surface area contributed by atoms with Gasteiger partial charge in [0.2, 0.25) is 11.8 Å². The van der Waals surface area contributed by atoms with Crippen LogP contribution < -0.4 is 10.2 Å². The summed E-state index contributed by atoms with van der Waals surface area (Å²) in [5, 5.41) is 4.96. The molecule has 8 heteroatoms. The first-order chi connectivity index (χ1) is 16.0. The van der Waals surface area contributed by atoms with E-state index in [0.717, 1.165) is 5.56 Å². The third-order valence-electron chi connectivity index (χ3n) is 4.92. The number of rotatable bonds is 7. The summed E-state index contributed by atoms with van der Waals surface area (Å²) in [5.41, 5.74) is 1.33. The standard InChI is InChI=1S/C26H27F2N3O2S/c1-17(32)31(23-8-6-5-7-21(23)28)25-29-20(16-34-25)13-14-24(33)30-22(15-26(2,3)4)18-9-11-19(27)12-10-18/h5-14,16,22H,15H2,1-4H3,(H,30,33)/b14-13+. The number of hydrogen-bond donors (Lipinski definition) is 1. The molecular weight excluding hydrogens is 456 g/mol. The highest BCUT2D eigenvalue weighted by Gasteiger charge is 2.22. The van der Waals surface area contributed by atoms with Gasteiger partial charge in [-0.15, -0.1) is 11.3 Å². The number of thiazole rings is 1. The molecule has 0 fully saturated rings. The van der Waals surface area contributed by atoms with Gasteiger partial charge in [-0.25, -0.2) is 13.8 Å². The number of carbonyl (C=O) groups excluding carboxylic acids is 2. The lowest BCUT2D eigenvalue weighted by Gasteiger charge is -2.27. The normalized spacial score (nSPS) is 12.5. The lowest BCUT2D eigenvalue weighted by atomic mass is 9.85. The highest BCUT2D eigenvalue weighted by molar-refractivity contribution is 7.14. The molecule has 0 spiro atoms. The van der Waals surface area contributed by atoms with Crippen LogP contribution in [0.1, 0.15) is 51.4 Å². The van der Waals surface area contributed by atoms with E-state index in [2.05, 4.69) is 31.1 Å². The summed E-state index contributed by atoms with van der Waals surface area (Å²) in [7, 11) is 0. The zero-order valence-electron chi connectivity index (χ0n) is 19.5. The minimum atomic E-state index is -0.532. The molecule has 0 aliphatic rings. The van der Waals surface area contributed by atoms with E-state index in [-0.39, 0.29) is 34.8 Å². The second-order valence-electron chi connectivity index (χ2n) is 9.07. The van der Waals surface area contributed by atoms with Crippen molar-refractivity contribution < 1.29 is 18.4 Å². The molecule has 0 saturated carbocycles. The van der Waals surface area contributed by atoms with Crippen LogP contribution in [0.3, 0.4) is 0 Å². The van der Waals surface area contributed by atoms with Crippen molar-refractivity contribution >= 4 is 40.0 Å². The number of nitrogens with one attached hydrogen (secondary N) is 1. The fourth-order valence-electron chi connectivity index (χ4n) is 3.44. The van der Waals surface area contributed by atoms with Gasteiger partial charge in [0.25, 0.3) is 0 Å². The Morgan fingerprint density at radius 1 is 1.12 bits per heavy atom. The maximum atomic E-state index is 14.2. The molecule has 1 unspecified atom stereocenters. The van der Waals surface area contributed by atoms with E-state index in [4.69, 9.17) is 0 Å². The topological polar surface area (TPSA) is 62.3 Å². The smallest absolute Gasteiger partial charge is 0.244 e. The maximum absolute atomic E-state index is 14.2. The number of para-hydroxylation sites is 1. The molecule has 34 heavy (non-hydrogen) atoms. The predicted molar refractivity (Wildman–Crippen MR) is 132 cm³/mol. The fourth-order valence-corrected chi connectivity index (χ4v) is 4.28. The van der Waals surface area contributed by atoms with E-state index in [1.807, 2.05) is 0 Å². The Bertz CT molecular complexity index is 1180. The van der Waals surface area contributed by atoms with Gasteiger partial charge in [0, 0.05) is 18.4 Å². The number of benzene rings is 2. The van der Waals surface area contributed by atoms with Crippen LogP contribution in [0.4, 0.5) is 19.6 Å². The van der Waals surface area contributed by atoms with Crippen molar-refractivity contribution in [1.29, 1.82) is 0 Å². The van der Waals surface area contributed by atoms with Gasteiger partial charge >= 0.3 is 0 Å². The summed E-state index contributed by atoms with van der Waals surface area (Å²) < 4.78 is 27.6. The Kier molecular flexibility index (Phi) is 7.94. The number of anilines is 2. The van der Waals surface area contributed by atoms with Crippen LogP contribution in [-0.2, 0) is 9.59 Å². The minimum Gasteiger partial charge on any atom is -0.346 e. The number of aromatic nitrogens is 1. The molecule has 5 nitrogen and oxygen atoms in total. The summed E-state index contributed by atoms with van der Waals surface area (Å²) in [6, 6.07) is 11.8. The van der Waals surface area contributed by atoms with E-state index in [1.165, 1.54) is 59.6 Å². The third-order valence-corrected chi connectivity index (χ3v) is 5.76. The molecular formula is C26H27F2N3O2S. The summed E-state index contributed by atoms with van der Waals surface area (Å²) in [4.78, 5) is 30.4. The lowest BCUT2D eigenvalue weighted by molar-refractivity contribution is -0.117. The molecule has 1 heterocycles. The highest BCUT2D eigenvalue weighted by Crippen LogP contribution is 2.31. The molecule has 2 aromatic carbocycles. The minimum absolute atomic E-state index is 0.0667. The van der Waals surface area contributed by atoms with Crippen LogP contribution in [0, 0.1) is 17.0 Å². The van der Waals surface area contributed by atoms with E-state index in [9.17, 15) is 18.4 Å². The Morgan fingerprint density at radius 2 is 1.79 bits per heavy atom. The Balaban J connectivity index is 1.76. The van der Waals surface area contributed by atoms with Gasteiger partial charge in [0.15, 0.2) is 5.13 Å². The van der Waals surface area contributed by atoms with Gasteiger partial charge in [-0.2, -0.15) is 0 Å². The highest BCUT2D eigenvalue weighted by atomic mass is 32.1. The van der Waals surface area contributed by atoms with E-state index in [1.54, 1.807) is 29.6 Å². The molecule has 0 aliphatic carbocycles. The molecule has 3 aromatic rings. The molecule has 1 aromatic heterocycles. The average Bonchev–Trinajstić information content (AvgIpc) is 3.21. The van der Waals surface area contributed by atoms with Crippen molar-refractivity contribution in [3.05, 3.63) is 82.9 Å². The van der Waals surface area contributed by atoms with Crippen LogP contribution in [0.25, 0.3) is 6.08 Å². The van der Waals surface area contributed by atoms with Crippen molar-refractivity contribution in [2.24, 2.45) is 5.41 Å². The quantitative estimate of drug-likeness (QED) is 0.395. The van der Waals surface area contributed by atoms with Gasteiger partial charge in [0.05, 0.1) is 17.4 Å². The predicted octanol–water partition coefficient (Wildman–Crippen LogP) is 6.41. The zero-order valence-corrected chi connectivity index (χ0v) is 20.3. The van der Waals surface area contributed by atoms with E-state index in [0.29, 0.717) is 17.2 Å². The van der Waals surface area contributed by atoms with Crippen molar-refractivity contribution in [2.75, 3.05) is 4.90 Å². The largest absolute Gasteiger partial charge is 0.346 e. The molecule has 1 N–H and O–H groups in total. The number of carbonyl (C=O) groups is 2. The van der Waals surface area contributed by atoms with E-state index < -0.39 is 5.82 Å². The molecule has 0 bridgehead atoms. The van der Waals surface area contributed by atoms with Crippen molar-refractivity contribution in [1.82, 2.24) is 10.3 Å². The summed E-state index contributed by atoms with van der Waals surface area (Å²) in [6.45, 7) is 7.54. The van der Waals surface area contributed by atoms with Crippen LogP contribution in [0.15, 0.2) is 60.0 Å². The van der Waals surface area contributed by atoms with Gasteiger partial charge in [-0.1, -0.05) is 45.0 Å². The zero-order chi connectivity index (χ0) is 24.9. The molecule has 1 atom stereocenters. The monoisotopic (exact) mass is 483 g/mol. The van der Waals surface area contributed by atoms with Gasteiger partial charge in [-0.05, 0) is 47.7 Å². The lowest BCUT2D eigenvalue weighted by Crippen LogP contribution is -2.30. The first-order valence-electron chi connectivity index (χ1n) is 10.8. The Labute approximate surface area is 202 Å². The second kappa shape index (κ2) is 10.7. The van der Waals surface area contributed by atoms with Crippen LogP contribution in [0.2, 0.25) is 0 Å².